The van der Waals surface area contributed by atoms with Gasteiger partial charge in [0.2, 0.25) is 0 Å². The lowest BCUT2D eigenvalue weighted by Crippen LogP contribution is -2.31. The molecule has 0 amide bonds. The van der Waals surface area contributed by atoms with Crippen molar-refractivity contribution in [1.82, 2.24) is 4.98 Å². The van der Waals surface area contributed by atoms with E-state index < -0.39 is 17.6 Å². The van der Waals surface area contributed by atoms with Gasteiger partial charge in [0, 0.05) is 14.1 Å². The third-order valence-corrected chi connectivity index (χ3v) is 2.07. The highest BCUT2D eigenvalue weighted by Crippen LogP contribution is 2.25. The second kappa shape index (κ2) is 5.07. The van der Waals surface area contributed by atoms with Crippen LogP contribution in [-0.2, 0) is 0 Å². The first-order valence-corrected chi connectivity index (χ1v) is 4.85. The maximum atomic E-state index is 12.2. The van der Waals surface area contributed by atoms with Crippen LogP contribution < -0.4 is 10.2 Å². The highest BCUT2D eigenvalue weighted by molar-refractivity contribution is 5.55. The van der Waals surface area contributed by atoms with Gasteiger partial charge in [-0.2, -0.15) is 13.2 Å². The van der Waals surface area contributed by atoms with Gasteiger partial charge < -0.3 is 10.2 Å². The Kier molecular flexibility index (Phi) is 3.94. The van der Waals surface area contributed by atoms with Crippen molar-refractivity contribution in [3.05, 3.63) is 22.2 Å². The molecule has 0 saturated heterocycles. The molecule has 1 aromatic rings. The zero-order valence-electron chi connectivity index (χ0n) is 9.65. The molecule has 0 atom stereocenters. The van der Waals surface area contributed by atoms with Gasteiger partial charge in [-0.15, -0.1) is 0 Å². The quantitative estimate of drug-likeness (QED) is 0.665. The molecule has 6 nitrogen and oxygen atoms in total. The third kappa shape index (κ3) is 3.75. The minimum Gasteiger partial charge on any atom is -0.373 e. The van der Waals surface area contributed by atoms with E-state index >= 15 is 0 Å². The number of alkyl halides is 3. The van der Waals surface area contributed by atoms with Crippen LogP contribution in [0.3, 0.4) is 0 Å². The van der Waals surface area contributed by atoms with E-state index in [9.17, 15) is 23.3 Å². The highest BCUT2D eigenvalue weighted by atomic mass is 19.4. The van der Waals surface area contributed by atoms with Crippen LogP contribution in [-0.4, -0.2) is 36.7 Å². The van der Waals surface area contributed by atoms with Crippen LogP contribution in [0.1, 0.15) is 0 Å². The second-order valence-electron chi connectivity index (χ2n) is 3.55. The molecule has 0 unspecified atom stereocenters. The molecule has 0 aliphatic carbocycles. The topological polar surface area (TPSA) is 71.3 Å². The molecule has 0 saturated carbocycles. The van der Waals surface area contributed by atoms with Gasteiger partial charge in [-0.1, -0.05) is 0 Å². The van der Waals surface area contributed by atoms with Crippen LogP contribution in [0.5, 0.6) is 0 Å². The summed E-state index contributed by atoms with van der Waals surface area (Å²) in [6, 6.07) is 2.14. The molecule has 1 heterocycles. The Morgan fingerprint density at radius 2 is 2.11 bits per heavy atom. The number of rotatable bonds is 4. The largest absolute Gasteiger partial charge is 0.405 e. The molecule has 9 heteroatoms. The van der Waals surface area contributed by atoms with E-state index in [4.69, 9.17) is 0 Å². The molecule has 100 valence electrons. The van der Waals surface area contributed by atoms with E-state index in [1.807, 2.05) is 0 Å². The summed E-state index contributed by atoms with van der Waals surface area (Å²) in [6.07, 6.45) is -4.40. The molecule has 0 aliphatic heterocycles. The molecule has 0 radical (unpaired) electrons. The first-order valence-electron chi connectivity index (χ1n) is 4.85. The van der Waals surface area contributed by atoms with Crippen LogP contribution in [0.4, 0.5) is 30.5 Å². The molecule has 0 bridgehead atoms. The van der Waals surface area contributed by atoms with Crippen molar-refractivity contribution in [3.8, 4) is 0 Å². The van der Waals surface area contributed by atoms with Gasteiger partial charge in [-0.25, -0.2) is 4.98 Å². The number of hydrogen-bond donors (Lipinski definition) is 1. The Hall–Kier alpha value is -2.06. The average molecular weight is 264 g/mol. The normalized spacial score (nSPS) is 11.2. The summed E-state index contributed by atoms with van der Waals surface area (Å²) in [7, 11) is 2.64. The van der Waals surface area contributed by atoms with Crippen molar-refractivity contribution in [2.75, 3.05) is 30.9 Å². The number of nitro groups is 1. The van der Waals surface area contributed by atoms with Crippen molar-refractivity contribution >= 4 is 17.3 Å². The number of halogens is 3. The van der Waals surface area contributed by atoms with Crippen LogP contribution in [0.2, 0.25) is 0 Å². The van der Waals surface area contributed by atoms with E-state index in [1.165, 1.54) is 14.1 Å². The zero-order chi connectivity index (χ0) is 13.9. The van der Waals surface area contributed by atoms with E-state index in [1.54, 1.807) is 0 Å². The summed E-state index contributed by atoms with van der Waals surface area (Å²) in [4.78, 5) is 14.6. The minimum absolute atomic E-state index is 0.120. The number of nitrogens with zero attached hydrogens (tertiary/aromatic N) is 3. The maximum Gasteiger partial charge on any atom is 0.405 e. The van der Waals surface area contributed by atoms with Crippen molar-refractivity contribution in [1.29, 1.82) is 0 Å². The smallest absolute Gasteiger partial charge is 0.373 e. The van der Waals surface area contributed by atoms with Gasteiger partial charge in [-0.05, 0) is 0 Å². The van der Waals surface area contributed by atoms with E-state index in [0.717, 1.165) is 17.0 Å². The lowest BCUT2D eigenvalue weighted by molar-refractivity contribution is -0.384. The van der Waals surface area contributed by atoms with Crippen molar-refractivity contribution < 1.29 is 18.1 Å². The van der Waals surface area contributed by atoms with E-state index in [-0.39, 0.29) is 17.3 Å². The Morgan fingerprint density at radius 1 is 1.50 bits per heavy atom. The lowest BCUT2D eigenvalue weighted by Gasteiger charge is -2.20. The van der Waals surface area contributed by atoms with Crippen LogP contribution >= 0.6 is 0 Å². The fraction of sp³-hybridized carbons (Fsp3) is 0.444. The number of nitrogens with one attached hydrogen (secondary N) is 1. The predicted molar refractivity (Wildman–Crippen MR) is 59.8 cm³/mol. The molecule has 0 fully saturated rings. The van der Waals surface area contributed by atoms with Gasteiger partial charge >= 0.3 is 6.18 Å². The van der Waals surface area contributed by atoms with Crippen molar-refractivity contribution in [2.24, 2.45) is 0 Å². The Balaban J connectivity index is 3.07. The third-order valence-electron chi connectivity index (χ3n) is 2.07. The molecular formula is C9H11F3N4O2. The van der Waals surface area contributed by atoms with Crippen LogP contribution in [0.25, 0.3) is 0 Å². The average Bonchev–Trinajstić information content (AvgIpc) is 2.26. The van der Waals surface area contributed by atoms with Crippen molar-refractivity contribution in [3.63, 3.8) is 0 Å². The molecule has 18 heavy (non-hydrogen) atoms. The summed E-state index contributed by atoms with van der Waals surface area (Å²) >= 11 is 0. The van der Waals surface area contributed by atoms with Gasteiger partial charge in [0.1, 0.15) is 18.2 Å². The second-order valence-corrected chi connectivity index (χ2v) is 3.55. The molecule has 0 aromatic carbocycles. The molecule has 1 rings (SSSR count). The summed E-state index contributed by atoms with van der Waals surface area (Å²) in [5, 5.41) is 13.2. The molecular weight excluding hydrogens is 253 g/mol. The molecule has 0 spiro atoms. The monoisotopic (exact) mass is 264 g/mol. The molecule has 1 N–H and O–H groups in total. The Bertz CT molecular complexity index is 450. The standard InChI is InChI=1S/C9H11F3N4O2/c1-13-7-3-6(16(17)18)4-8(14-7)15(2)5-9(10,11)12/h3-4H,5H2,1-2H3,(H,13,14). The number of anilines is 2. The number of hydrogen-bond acceptors (Lipinski definition) is 5. The zero-order valence-corrected chi connectivity index (χ0v) is 9.65. The Morgan fingerprint density at radius 3 is 2.56 bits per heavy atom. The molecule has 0 aliphatic rings. The SMILES string of the molecule is CNc1cc([N+](=O)[O-])cc(N(C)CC(F)(F)F)n1. The van der Waals surface area contributed by atoms with Crippen molar-refractivity contribution in [2.45, 2.75) is 6.18 Å². The van der Waals surface area contributed by atoms with Gasteiger partial charge in [0.25, 0.3) is 5.69 Å². The van der Waals surface area contributed by atoms with Crippen LogP contribution in [0, 0.1) is 10.1 Å². The van der Waals surface area contributed by atoms with E-state index in [2.05, 4.69) is 10.3 Å². The Labute approximate surface area is 101 Å². The van der Waals surface area contributed by atoms with Crippen LogP contribution in [0.15, 0.2) is 12.1 Å². The number of pyridine rings is 1. The van der Waals surface area contributed by atoms with Gasteiger partial charge in [0.15, 0.2) is 0 Å². The fourth-order valence-corrected chi connectivity index (χ4v) is 1.28. The van der Waals surface area contributed by atoms with Gasteiger partial charge in [-0.3, -0.25) is 10.1 Å². The lowest BCUT2D eigenvalue weighted by atomic mass is 10.3. The van der Waals surface area contributed by atoms with E-state index in [0.29, 0.717) is 0 Å². The summed E-state index contributed by atoms with van der Waals surface area (Å²) < 4.78 is 36.6. The first-order chi connectivity index (χ1) is 8.23. The van der Waals surface area contributed by atoms with Gasteiger partial charge in [0.05, 0.1) is 17.1 Å². The fourth-order valence-electron chi connectivity index (χ4n) is 1.28. The summed E-state index contributed by atoms with van der Waals surface area (Å²) in [5.74, 6) is 0.0131. The number of aromatic nitrogens is 1. The highest BCUT2D eigenvalue weighted by Gasteiger charge is 2.30. The summed E-state index contributed by atoms with van der Waals surface area (Å²) in [5.41, 5.74) is -0.321. The maximum absolute atomic E-state index is 12.2. The minimum atomic E-state index is -4.40. The summed E-state index contributed by atoms with van der Waals surface area (Å²) in [6.45, 7) is -1.23. The molecule has 1 aromatic heterocycles. The predicted octanol–water partition coefficient (Wildman–Crippen LogP) is 2.03. The first kappa shape index (κ1) is 14.0.